The van der Waals surface area contributed by atoms with Gasteiger partial charge in [-0.1, -0.05) is 23.7 Å². The van der Waals surface area contributed by atoms with E-state index in [2.05, 4.69) is 10.5 Å². The van der Waals surface area contributed by atoms with Gasteiger partial charge in [0.15, 0.2) is 5.76 Å². The monoisotopic (exact) mass is 399 g/mol. The van der Waals surface area contributed by atoms with Crippen LogP contribution in [-0.2, 0) is 6.42 Å². The van der Waals surface area contributed by atoms with Gasteiger partial charge in [0.1, 0.15) is 5.76 Å². The molecule has 1 aliphatic heterocycles. The van der Waals surface area contributed by atoms with Gasteiger partial charge in [-0.3, -0.25) is 9.59 Å². The number of fused-ring (bicyclic) bond motifs is 1. The van der Waals surface area contributed by atoms with E-state index in [4.69, 9.17) is 16.0 Å². The highest BCUT2D eigenvalue weighted by Gasteiger charge is 2.31. The lowest BCUT2D eigenvalue weighted by Gasteiger charge is -2.14. The standard InChI is InChI=1S/C21H22ClN3O3/c1-13-18-16(23-24-20(26)14-7-2-3-8-15(14)22)9-6-10-17(18)28-19(13)21(27)25-11-4-5-12-25/h2-3,7-8H,4-6,9-12H2,1H3,(H,24,26)/b23-16+. The first-order valence-electron chi connectivity index (χ1n) is 9.59. The van der Waals surface area contributed by atoms with Crippen molar-refractivity contribution in [1.29, 1.82) is 0 Å². The topological polar surface area (TPSA) is 74.9 Å². The van der Waals surface area contributed by atoms with Crippen molar-refractivity contribution in [2.24, 2.45) is 5.10 Å². The van der Waals surface area contributed by atoms with Crippen molar-refractivity contribution in [2.75, 3.05) is 13.1 Å². The van der Waals surface area contributed by atoms with Crippen LogP contribution in [0.15, 0.2) is 33.8 Å². The van der Waals surface area contributed by atoms with Crippen molar-refractivity contribution in [1.82, 2.24) is 10.3 Å². The van der Waals surface area contributed by atoms with E-state index in [0.717, 1.165) is 61.4 Å². The van der Waals surface area contributed by atoms with Crippen molar-refractivity contribution in [3.8, 4) is 0 Å². The molecule has 6 nitrogen and oxygen atoms in total. The lowest BCUT2D eigenvalue weighted by molar-refractivity contribution is 0.0758. The maximum atomic E-state index is 12.8. The molecular weight excluding hydrogens is 378 g/mol. The summed E-state index contributed by atoms with van der Waals surface area (Å²) < 4.78 is 5.95. The largest absolute Gasteiger partial charge is 0.455 e. The number of amides is 2. The number of benzene rings is 1. The molecule has 2 heterocycles. The van der Waals surface area contributed by atoms with Crippen molar-refractivity contribution in [3.63, 3.8) is 0 Å². The van der Waals surface area contributed by atoms with Gasteiger partial charge in [-0.25, -0.2) is 5.43 Å². The number of aryl methyl sites for hydroxylation is 1. The molecule has 0 spiro atoms. The third-order valence-corrected chi connectivity index (χ3v) is 5.65. The maximum Gasteiger partial charge on any atom is 0.289 e. The van der Waals surface area contributed by atoms with Crippen molar-refractivity contribution >= 4 is 29.1 Å². The van der Waals surface area contributed by atoms with Crippen LogP contribution in [0, 0.1) is 6.92 Å². The van der Waals surface area contributed by atoms with Crippen LogP contribution in [0.25, 0.3) is 0 Å². The molecule has 146 valence electrons. The number of nitrogens with one attached hydrogen (secondary N) is 1. The number of halogens is 1. The summed E-state index contributed by atoms with van der Waals surface area (Å²) >= 11 is 6.08. The summed E-state index contributed by atoms with van der Waals surface area (Å²) in [4.78, 5) is 27.0. The molecular formula is C21H22ClN3O3. The van der Waals surface area contributed by atoms with Crippen molar-refractivity contribution in [2.45, 2.75) is 39.0 Å². The Bertz CT molecular complexity index is 958. The van der Waals surface area contributed by atoms with Crippen LogP contribution in [0.2, 0.25) is 5.02 Å². The van der Waals surface area contributed by atoms with Gasteiger partial charge >= 0.3 is 0 Å². The predicted molar refractivity (Wildman–Crippen MR) is 107 cm³/mol. The van der Waals surface area contributed by atoms with Gasteiger partial charge in [0.2, 0.25) is 0 Å². The van der Waals surface area contributed by atoms with Gasteiger partial charge in [-0.05, 0) is 44.7 Å². The summed E-state index contributed by atoms with van der Waals surface area (Å²) in [6.07, 6.45) is 4.41. The molecule has 0 bridgehead atoms. The molecule has 4 rings (SSSR count). The van der Waals surface area contributed by atoms with E-state index in [1.54, 1.807) is 24.3 Å². The Labute approximate surface area is 168 Å². The molecule has 7 heteroatoms. The van der Waals surface area contributed by atoms with Crippen LogP contribution in [0.1, 0.15) is 63.5 Å². The smallest absolute Gasteiger partial charge is 0.289 e. The summed E-state index contributed by atoms with van der Waals surface area (Å²) in [5, 5.41) is 4.72. The van der Waals surface area contributed by atoms with Gasteiger partial charge < -0.3 is 9.32 Å². The van der Waals surface area contributed by atoms with E-state index in [0.29, 0.717) is 22.8 Å². The van der Waals surface area contributed by atoms with E-state index < -0.39 is 0 Å². The molecule has 1 N–H and O–H groups in total. The highest BCUT2D eigenvalue weighted by molar-refractivity contribution is 6.33. The van der Waals surface area contributed by atoms with E-state index in [1.165, 1.54) is 0 Å². The Balaban J connectivity index is 1.60. The maximum absolute atomic E-state index is 12.8. The highest BCUT2D eigenvalue weighted by atomic mass is 35.5. The zero-order valence-corrected chi connectivity index (χ0v) is 16.5. The molecule has 0 atom stereocenters. The van der Waals surface area contributed by atoms with E-state index in [9.17, 15) is 9.59 Å². The van der Waals surface area contributed by atoms with E-state index >= 15 is 0 Å². The highest BCUT2D eigenvalue weighted by Crippen LogP contribution is 2.31. The molecule has 1 aromatic heterocycles. The number of hydrogen-bond donors (Lipinski definition) is 1. The first kappa shape index (κ1) is 18.7. The molecule has 1 aromatic carbocycles. The van der Waals surface area contributed by atoms with Crippen LogP contribution in [0.3, 0.4) is 0 Å². The normalized spacial score (nSPS) is 17.6. The second-order valence-corrected chi connectivity index (χ2v) is 7.59. The number of nitrogens with zero attached hydrogens (tertiary/aromatic N) is 2. The third-order valence-electron chi connectivity index (χ3n) is 5.32. The Morgan fingerprint density at radius 2 is 1.89 bits per heavy atom. The average Bonchev–Trinajstić information content (AvgIpc) is 3.35. The second-order valence-electron chi connectivity index (χ2n) is 7.19. The molecule has 2 aliphatic rings. The lowest BCUT2D eigenvalue weighted by atomic mass is 9.93. The third kappa shape index (κ3) is 3.44. The molecule has 0 saturated carbocycles. The molecule has 1 fully saturated rings. The first-order chi connectivity index (χ1) is 13.6. The fourth-order valence-electron chi connectivity index (χ4n) is 3.87. The zero-order valence-electron chi connectivity index (χ0n) is 15.8. The molecule has 2 amide bonds. The zero-order chi connectivity index (χ0) is 19.7. The first-order valence-corrected chi connectivity index (χ1v) is 9.97. The summed E-state index contributed by atoms with van der Waals surface area (Å²) in [6, 6.07) is 6.84. The summed E-state index contributed by atoms with van der Waals surface area (Å²) in [5.74, 6) is 0.763. The minimum absolute atomic E-state index is 0.0520. The number of rotatable bonds is 3. The Morgan fingerprint density at radius 1 is 1.14 bits per heavy atom. The lowest BCUT2D eigenvalue weighted by Crippen LogP contribution is -2.27. The molecule has 1 saturated heterocycles. The Morgan fingerprint density at radius 3 is 2.64 bits per heavy atom. The van der Waals surface area contributed by atoms with Crippen LogP contribution >= 0.6 is 11.6 Å². The van der Waals surface area contributed by atoms with Crippen molar-refractivity contribution < 1.29 is 14.0 Å². The number of carbonyl (C=O) groups excluding carboxylic acids is 2. The number of likely N-dealkylation sites (tertiary alicyclic amines) is 1. The number of hydrogen-bond acceptors (Lipinski definition) is 4. The average molecular weight is 400 g/mol. The summed E-state index contributed by atoms with van der Waals surface area (Å²) in [7, 11) is 0. The minimum Gasteiger partial charge on any atom is -0.455 e. The number of furan rings is 1. The Kier molecular flexibility index (Phi) is 5.22. The summed E-state index contributed by atoms with van der Waals surface area (Å²) in [5.41, 5.74) is 5.37. The van der Waals surface area contributed by atoms with Gasteiger partial charge in [0.25, 0.3) is 11.8 Å². The van der Waals surface area contributed by atoms with Gasteiger partial charge in [-0.15, -0.1) is 0 Å². The molecule has 28 heavy (non-hydrogen) atoms. The van der Waals surface area contributed by atoms with Crippen LogP contribution in [0.5, 0.6) is 0 Å². The van der Waals surface area contributed by atoms with Crippen molar-refractivity contribution in [3.05, 3.63) is 57.5 Å². The molecule has 2 aromatic rings. The van der Waals surface area contributed by atoms with Crippen LogP contribution in [-0.4, -0.2) is 35.5 Å². The van der Waals surface area contributed by atoms with Gasteiger partial charge in [0.05, 0.1) is 16.3 Å². The van der Waals surface area contributed by atoms with E-state index in [1.807, 2.05) is 11.8 Å². The number of hydrazone groups is 1. The molecule has 1 aliphatic carbocycles. The molecule has 0 unspecified atom stereocenters. The quantitative estimate of drug-likeness (QED) is 0.794. The van der Waals surface area contributed by atoms with Crippen LogP contribution < -0.4 is 5.43 Å². The molecule has 0 radical (unpaired) electrons. The second kappa shape index (κ2) is 7.80. The predicted octanol–water partition coefficient (Wildman–Crippen LogP) is 3.95. The fourth-order valence-corrected chi connectivity index (χ4v) is 4.09. The summed E-state index contributed by atoms with van der Waals surface area (Å²) in [6.45, 7) is 3.44. The van der Waals surface area contributed by atoms with E-state index in [-0.39, 0.29) is 11.8 Å². The van der Waals surface area contributed by atoms with Gasteiger partial charge in [0, 0.05) is 30.6 Å². The number of carbonyl (C=O) groups is 2. The van der Waals surface area contributed by atoms with Gasteiger partial charge in [-0.2, -0.15) is 5.10 Å². The SMILES string of the molecule is Cc1c(C(=O)N2CCCC2)oc2c1/C(=N/NC(=O)c1ccccc1Cl)CCC2. The minimum atomic E-state index is -0.361. The van der Waals surface area contributed by atoms with Crippen LogP contribution in [0.4, 0.5) is 0 Å². The fraction of sp³-hybridized carbons (Fsp3) is 0.381. The Hall–Kier alpha value is -2.60.